The Kier molecular flexibility index (Phi) is 4.82. The third-order valence-electron chi connectivity index (χ3n) is 4.41. The summed E-state index contributed by atoms with van der Waals surface area (Å²) in [5, 5.41) is 9.71. The third-order valence-corrected chi connectivity index (χ3v) is 6.14. The minimum absolute atomic E-state index is 0.150. The maximum Gasteiger partial charge on any atom is 0.257 e. The lowest BCUT2D eigenvalue weighted by Crippen LogP contribution is -2.23. The topological polar surface area (TPSA) is 42.2 Å². The lowest BCUT2D eigenvalue weighted by atomic mass is 10.2. The maximum absolute atomic E-state index is 6.14. The van der Waals surface area contributed by atoms with Crippen LogP contribution in [0.25, 0.3) is 10.8 Å². The molecule has 0 radical (unpaired) electrons. The molecule has 1 atom stereocenters. The highest BCUT2D eigenvalue weighted by Crippen LogP contribution is 2.35. The first-order chi connectivity index (χ1) is 12.1. The molecule has 1 saturated heterocycles. The van der Waals surface area contributed by atoms with E-state index >= 15 is 0 Å². The number of hydrogen-bond acceptors (Lipinski definition) is 5. The van der Waals surface area contributed by atoms with Gasteiger partial charge in [0.05, 0.1) is 21.0 Å². The molecule has 25 heavy (non-hydrogen) atoms. The van der Waals surface area contributed by atoms with Crippen LogP contribution in [0.1, 0.15) is 35.2 Å². The van der Waals surface area contributed by atoms with Gasteiger partial charge in [-0.15, -0.1) is 21.5 Å². The highest BCUT2D eigenvalue weighted by Gasteiger charge is 2.30. The Morgan fingerprint density at radius 3 is 2.84 bits per heavy atom. The van der Waals surface area contributed by atoms with Crippen molar-refractivity contribution in [3.8, 4) is 10.8 Å². The normalized spacial score (nSPS) is 18.1. The molecule has 1 aliphatic rings. The largest absolute Gasteiger partial charge is 0.418 e. The summed E-state index contributed by atoms with van der Waals surface area (Å²) in [5.74, 6) is 1.30. The zero-order chi connectivity index (χ0) is 17.4. The summed E-state index contributed by atoms with van der Waals surface area (Å²) in [6, 6.07) is 10.0. The van der Waals surface area contributed by atoms with Crippen LogP contribution in [-0.4, -0.2) is 21.6 Å². The number of hydrogen-bond donors (Lipinski definition) is 0. The summed E-state index contributed by atoms with van der Waals surface area (Å²) < 4.78 is 5.98. The van der Waals surface area contributed by atoms with E-state index in [0.717, 1.165) is 36.4 Å². The number of thiophene rings is 1. The van der Waals surface area contributed by atoms with E-state index in [-0.39, 0.29) is 6.04 Å². The second-order valence-electron chi connectivity index (χ2n) is 6.23. The van der Waals surface area contributed by atoms with Crippen LogP contribution in [0.3, 0.4) is 0 Å². The van der Waals surface area contributed by atoms with Crippen molar-refractivity contribution in [1.82, 2.24) is 15.1 Å². The van der Waals surface area contributed by atoms with Gasteiger partial charge < -0.3 is 4.42 Å². The molecule has 3 aromatic rings. The Balaban J connectivity index is 1.53. The first-order valence-corrected chi connectivity index (χ1v) is 9.75. The van der Waals surface area contributed by atoms with Crippen molar-refractivity contribution in [2.45, 2.75) is 32.4 Å². The van der Waals surface area contributed by atoms with Gasteiger partial charge in [0.2, 0.25) is 5.89 Å². The van der Waals surface area contributed by atoms with Crippen molar-refractivity contribution < 1.29 is 4.42 Å². The number of rotatable bonds is 4. The summed E-state index contributed by atoms with van der Waals surface area (Å²) in [6.45, 7) is 3.86. The zero-order valence-electron chi connectivity index (χ0n) is 13.7. The molecular formula is C18H17Cl2N3OS. The van der Waals surface area contributed by atoms with Crippen molar-refractivity contribution in [3.05, 3.63) is 56.7 Å². The number of aryl methyl sites for hydroxylation is 1. The molecule has 4 nitrogen and oxygen atoms in total. The summed E-state index contributed by atoms with van der Waals surface area (Å²) >= 11 is 13.8. The van der Waals surface area contributed by atoms with E-state index in [4.69, 9.17) is 27.6 Å². The summed E-state index contributed by atoms with van der Waals surface area (Å²) in [6.07, 6.45) is 2.13. The third kappa shape index (κ3) is 3.60. The number of aromatic nitrogens is 2. The summed E-state index contributed by atoms with van der Waals surface area (Å²) in [7, 11) is 0. The smallest absolute Gasteiger partial charge is 0.257 e. The minimum atomic E-state index is 0.150. The Morgan fingerprint density at radius 2 is 2.08 bits per heavy atom. The Hall–Kier alpha value is -1.40. The summed E-state index contributed by atoms with van der Waals surface area (Å²) in [4.78, 5) is 4.61. The van der Waals surface area contributed by atoms with Crippen molar-refractivity contribution in [2.75, 3.05) is 6.54 Å². The van der Waals surface area contributed by atoms with E-state index < -0.39 is 0 Å². The van der Waals surface area contributed by atoms with Gasteiger partial charge in [0.15, 0.2) is 0 Å². The van der Waals surface area contributed by atoms with Crippen molar-refractivity contribution in [2.24, 2.45) is 0 Å². The molecule has 4 rings (SSSR count). The molecule has 3 heterocycles. The van der Waals surface area contributed by atoms with Crippen molar-refractivity contribution in [3.63, 3.8) is 0 Å². The molecule has 0 aliphatic carbocycles. The molecule has 130 valence electrons. The molecule has 0 spiro atoms. The van der Waals surface area contributed by atoms with E-state index in [1.54, 1.807) is 11.3 Å². The fourth-order valence-electron chi connectivity index (χ4n) is 3.19. The Labute approximate surface area is 160 Å². The monoisotopic (exact) mass is 393 g/mol. The second kappa shape index (κ2) is 7.08. The first-order valence-electron chi connectivity index (χ1n) is 8.18. The van der Waals surface area contributed by atoms with Crippen LogP contribution in [0.4, 0.5) is 0 Å². The molecule has 0 saturated carbocycles. The van der Waals surface area contributed by atoms with Crippen LogP contribution >= 0.6 is 34.5 Å². The highest BCUT2D eigenvalue weighted by atomic mass is 35.5. The van der Waals surface area contributed by atoms with Crippen LogP contribution < -0.4 is 0 Å². The number of benzene rings is 1. The van der Waals surface area contributed by atoms with Gasteiger partial charge in [0.25, 0.3) is 5.89 Å². The van der Waals surface area contributed by atoms with E-state index in [0.29, 0.717) is 21.8 Å². The number of nitrogens with zero attached hydrogens (tertiary/aromatic N) is 3. The highest BCUT2D eigenvalue weighted by molar-refractivity contribution is 7.15. The van der Waals surface area contributed by atoms with Crippen LogP contribution in [0.2, 0.25) is 10.0 Å². The predicted molar refractivity (Wildman–Crippen MR) is 101 cm³/mol. The van der Waals surface area contributed by atoms with Gasteiger partial charge in [-0.2, -0.15) is 0 Å². The standard InChI is InChI=1S/C18H17Cl2N3OS/c1-11-4-7-16(25-11)18-22-21-17(24-18)15-3-2-8-23(15)10-12-5-6-13(19)14(20)9-12/h4-7,9,15H,2-3,8,10H2,1H3/t15-/m0/s1. The van der Waals surface area contributed by atoms with Crippen LogP contribution in [0.15, 0.2) is 34.7 Å². The SMILES string of the molecule is Cc1ccc(-c2nnc([C@@H]3CCCN3Cc3ccc(Cl)c(Cl)c3)o2)s1. The lowest BCUT2D eigenvalue weighted by Gasteiger charge is -2.21. The minimum Gasteiger partial charge on any atom is -0.418 e. The van der Waals surface area contributed by atoms with Gasteiger partial charge in [-0.1, -0.05) is 29.3 Å². The molecule has 0 amide bonds. The molecule has 7 heteroatoms. The van der Waals surface area contributed by atoms with Crippen molar-refractivity contribution >= 4 is 34.5 Å². The number of halogens is 2. The fourth-order valence-corrected chi connectivity index (χ4v) is 4.30. The summed E-state index contributed by atoms with van der Waals surface area (Å²) in [5.41, 5.74) is 1.13. The van der Waals surface area contributed by atoms with Gasteiger partial charge in [0.1, 0.15) is 0 Å². The lowest BCUT2D eigenvalue weighted by molar-refractivity contribution is 0.215. The number of likely N-dealkylation sites (tertiary alicyclic amines) is 1. The Bertz CT molecular complexity index is 892. The average Bonchev–Trinajstić information content (AvgIpc) is 3.30. The van der Waals surface area contributed by atoms with Gasteiger partial charge in [-0.25, -0.2) is 0 Å². The Morgan fingerprint density at radius 1 is 1.20 bits per heavy atom. The van der Waals surface area contributed by atoms with Gasteiger partial charge in [-0.05, 0) is 56.1 Å². The molecule has 1 aromatic carbocycles. The first kappa shape index (κ1) is 17.0. The molecule has 0 bridgehead atoms. The quantitative estimate of drug-likeness (QED) is 0.565. The predicted octanol–water partition coefficient (Wildman–Crippen LogP) is 5.75. The van der Waals surface area contributed by atoms with E-state index in [1.807, 2.05) is 24.3 Å². The van der Waals surface area contributed by atoms with Crippen molar-refractivity contribution in [1.29, 1.82) is 0 Å². The second-order valence-corrected chi connectivity index (χ2v) is 8.34. The molecule has 0 N–H and O–H groups in total. The maximum atomic E-state index is 6.14. The molecular weight excluding hydrogens is 377 g/mol. The van der Waals surface area contributed by atoms with Crippen LogP contribution in [0.5, 0.6) is 0 Å². The van der Waals surface area contributed by atoms with Gasteiger partial charge in [-0.3, -0.25) is 4.90 Å². The molecule has 1 fully saturated rings. The average molecular weight is 394 g/mol. The molecule has 2 aromatic heterocycles. The molecule has 0 unspecified atom stereocenters. The van der Waals surface area contributed by atoms with E-state index in [2.05, 4.69) is 28.1 Å². The van der Waals surface area contributed by atoms with Gasteiger partial charge >= 0.3 is 0 Å². The zero-order valence-corrected chi connectivity index (χ0v) is 16.0. The van der Waals surface area contributed by atoms with Crippen LogP contribution in [-0.2, 0) is 6.54 Å². The van der Waals surface area contributed by atoms with E-state index in [9.17, 15) is 0 Å². The van der Waals surface area contributed by atoms with Crippen LogP contribution in [0, 0.1) is 6.92 Å². The van der Waals surface area contributed by atoms with E-state index in [1.165, 1.54) is 4.88 Å². The van der Waals surface area contributed by atoms with Gasteiger partial charge in [0, 0.05) is 11.4 Å². The fraction of sp³-hybridized carbons (Fsp3) is 0.333. The molecule has 1 aliphatic heterocycles.